The molecule has 2 heterocycles. The number of nitrogens with zero attached hydrogens (tertiary/aromatic N) is 2. The van der Waals surface area contributed by atoms with Gasteiger partial charge in [0.1, 0.15) is 0 Å². The Balaban J connectivity index is 1.92. The summed E-state index contributed by atoms with van der Waals surface area (Å²) in [5.74, 6) is -0.0783. The Morgan fingerprint density at radius 3 is 2.71 bits per heavy atom. The van der Waals surface area contributed by atoms with Gasteiger partial charge in [-0.1, -0.05) is 0 Å². The van der Waals surface area contributed by atoms with Crippen molar-refractivity contribution in [2.45, 2.75) is 33.3 Å². The summed E-state index contributed by atoms with van der Waals surface area (Å²) in [6.45, 7) is 6.07. The summed E-state index contributed by atoms with van der Waals surface area (Å²) < 4.78 is 1.72. The molecular formula is C15H21N3O2S. The van der Waals surface area contributed by atoms with Gasteiger partial charge in [0.15, 0.2) is 0 Å². The maximum Gasteiger partial charge on any atom is 0.255 e. The standard InChI is InChI=1S/C15H21N3O2S/c1-9-14(10(2)18(4)17-9)15(20)16-8-7-12-5-6-13(21-12)11(3)19/h5-6,11,19H,7-8H2,1-4H3,(H,16,20)/t11-/m0/s1. The monoisotopic (exact) mass is 307 g/mol. The number of amides is 1. The number of aryl methyl sites for hydroxylation is 2. The smallest absolute Gasteiger partial charge is 0.255 e. The number of aliphatic hydroxyl groups is 1. The molecule has 0 aliphatic carbocycles. The zero-order valence-corrected chi connectivity index (χ0v) is 13.6. The Bertz CT molecular complexity index is 643. The van der Waals surface area contributed by atoms with Crippen molar-refractivity contribution in [1.82, 2.24) is 15.1 Å². The Hall–Kier alpha value is -1.66. The molecule has 0 aromatic carbocycles. The van der Waals surface area contributed by atoms with E-state index < -0.39 is 6.10 Å². The van der Waals surface area contributed by atoms with Crippen LogP contribution in [0.3, 0.4) is 0 Å². The van der Waals surface area contributed by atoms with Gasteiger partial charge < -0.3 is 10.4 Å². The summed E-state index contributed by atoms with van der Waals surface area (Å²) in [4.78, 5) is 14.3. The fraction of sp³-hybridized carbons (Fsp3) is 0.467. The molecule has 2 aromatic heterocycles. The van der Waals surface area contributed by atoms with Crippen molar-refractivity contribution in [3.8, 4) is 0 Å². The fourth-order valence-corrected chi connectivity index (χ4v) is 3.19. The minimum absolute atomic E-state index is 0.0783. The first-order valence-electron chi connectivity index (χ1n) is 6.95. The van der Waals surface area contributed by atoms with E-state index in [1.807, 2.05) is 33.0 Å². The molecule has 6 heteroatoms. The summed E-state index contributed by atoms with van der Waals surface area (Å²) in [7, 11) is 1.84. The zero-order chi connectivity index (χ0) is 15.6. The third kappa shape index (κ3) is 3.51. The summed E-state index contributed by atoms with van der Waals surface area (Å²) in [6, 6.07) is 3.93. The van der Waals surface area contributed by atoms with Gasteiger partial charge in [-0.2, -0.15) is 5.10 Å². The molecule has 0 bridgehead atoms. The van der Waals surface area contributed by atoms with Crippen LogP contribution in [-0.4, -0.2) is 27.3 Å². The van der Waals surface area contributed by atoms with Crippen LogP contribution in [-0.2, 0) is 13.5 Å². The van der Waals surface area contributed by atoms with Gasteiger partial charge in [-0.25, -0.2) is 0 Å². The van der Waals surface area contributed by atoms with Crippen molar-refractivity contribution in [3.05, 3.63) is 38.8 Å². The Labute approximate surface area is 128 Å². The molecule has 0 saturated heterocycles. The lowest BCUT2D eigenvalue weighted by atomic mass is 10.2. The van der Waals surface area contributed by atoms with Crippen LogP contribution in [0.1, 0.15) is 44.5 Å². The lowest BCUT2D eigenvalue weighted by Gasteiger charge is -2.05. The maximum atomic E-state index is 12.2. The van der Waals surface area contributed by atoms with Crippen molar-refractivity contribution in [3.63, 3.8) is 0 Å². The molecule has 5 nitrogen and oxygen atoms in total. The van der Waals surface area contributed by atoms with E-state index in [9.17, 15) is 9.90 Å². The number of nitrogens with one attached hydrogen (secondary N) is 1. The van der Waals surface area contributed by atoms with Crippen LogP contribution in [0.5, 0.6) is 0 Å². The molecule has 114 valence electrons. The molecule has 21 heavy (non-hydrogen) atoms. The van der Waals surface area contributed by atoms with Crippen LogP contribution >= 0.6 is 11.3 Å². The molecule has 0 aliphatic heterocycles. The highest BCUT2D eigenvalue weighted by Gasteiger charge is 2.16. The van der Waals surface area contributed by atoms with Gasteiger partial charge in [-0.15, -0.1) is 11.3 Å². The third-order valence-corrected chi connectivity index (χ3v) is 4.80. The van der Waals surface area contributed by atoms with E-state index in [4.69, 9.17) is 0 Å². The number of aliphatic hydroxyl groups excluding tert-OH is 1. The van der Waals surface area contributed by atoms with E-state index >= 15 is 0 Å². The quantitative estimate of drug-likeness (QED) is 0.889. The van der Waals surface area contributed by atoms with Gasteiger partial charge in [0, 0.05) is 29.0 Å². The first kappa shape index (κ1) is 15.7. The summed E-state index contributed by atoms with van der Waals surface area (Å²) >= 11 is 1.58. The largest absolute Gasteiger partial charge is 0.388 e. The van der Waals surface area contributed by atoms with Crippen LogP contribution in [0.25, 0.3) is 0 Å². The van der Waals surface area contributed by atoms with Crippen LogP contribution in [0.15, 0.2) is 12.1 Å². The lowest BCUT2D eigenvalue weighted by molar-refractivity contribution is 0.0953. The molecule has 1 amide bonds. The highest BCUT2D eigenvalue weighted by atomic mass is 32.1. The number of carbonyl (C=O) groups is 1. The van der Waals surface area contributed by atoms with E-state index in [1.165, 1.54) is 0 Å². The van der Waals surface area contributed by atoms with Gasteiger partial charge in [0.25, 0.3) is 5.91 Å². The second kappa shape index (κ2) is 6.41. The van der Waals surface area contributed by atoms with Crippen molar-refractivity contribution in [1.29, 1.82) is 0 Å². The van der Waals surface area contributed by atoms with Crippen LogP contribution in [0.2, 0.25) is 0 Å². The zero-order valence-electron chi connectivity index (χ0n) is 12.8. The van der Waals surface area contributed by atoms with Gasteiger partial charge in [-0.3, -0.25) is 9.48 Å². The minimum Gasteiger partial charge on any atom is -0.388 e. The number of thiophene rings is 1. The first-order chi connectivity index (χ1) is 9.90. The van der Waals surface area contributed by atoms with E-state index in [1.54, 1.807) is 22.9 Å². The van der Waals surface area contributed by atoms with E-state index in [2.05, 4.69) is 10.4 Å². The number of hydrogen-bond acceptors (Lipinski definition) is 4. The Morgan fingerprint density at radius 1 is 1.48 bits per heavy atom. The second-order valence-corrected chi connectivity index (χ2v) is 6.36. The molecule has 2 rings (SSSR count). The third-order valence-electron chi connectivity index (χ3n) is 3.49. The molecule has 0 unspecified atom stereocenters. The molecule has 0 radical (unpaired) electrons. The second-order valence-electron chi connectivity index (χ2n) is 5.16. The molecule has 2 N–H and O–H groups in total. The van der Waals surface area contributed by atoms with Crippen molar-refractivity contribution < 1.29 is 9.90 Å². The molecule has 0 spiro atoms. The molecule has 0 fully saturated rings. The predicted octanol–water partition coefficient (Wildman–Crippen LogP) is 2.12. The molecule has 1 atom stereocenters. The molecular weight excluding hydrogens is 286 g/mol. The summed E-state index contributed by atoms with van der Waals surface area (Å²) in [5.41, 5.74) is 2.28. The normalized spacial score (nSPS) is 12.4. The Kier molecular flexibility index (Phi) is 4.80. The van der Waals surface area contributed by atoms with E-state index in [0.717, 1.165) is 27.6 Å². The van der Waals surface area contributed by atoms with Crippen LogP contribution in [0.4, 0.5) is 0 Å². The van der Waals surface area contributed by atoms with Gasteiger partial charge in [0.05, 0.1) is 17.4 Å². The highest BCUT2D eigenvalue weighted by Crippen LogP contribution is 2.23. The van der Waals surface area contributed by atoms with Gasteiger partial charge >= 0.3 is 0 Å². The van der Waals surface area contributed by atoms with Gasteiger partial charge in [-0.05, 0) is 39.3 Å². The van der Waals surface area contributed by atoms with Crippen LogP contribution < -0.4 is 5.32 Å². The van der Waals surface area contributed by atoms with Gasteiger partial charge in [0.2, 0.25) is 0 Å². The molecule has 0 saturated carbocycles. The van der Waals surface area contributed by atoms with Crippen LogP contribution in [0, 0.1) is 13.8 Å². The summed E-state index contributed by atoms with van der Waals surface area (Å²) in [6.07, 6.45) is 0.334. The van der Waals surface area contributed by atoms with E-state index in [-0.39, 0.29) is 5.91 Å². The summed E-state index contributed by atoms with van der Waals surface area (Å²) in [5, 5.41) is 16.7. The average molecular weight is 307 g/mol. The number of rotatable bonds is 5. The first-order valence-corrected chi connectivity index (χ1v) is 7.77. The number of aromatic nitrogens is 2. The van der Waals surface area contributed by atoms with Crippen molar-refractivity contribution in [2.24, 2.45) is 7.05 Å². The van der Waals surface area contributed by atoms with Crippen molar-refractivity contribution >= 4 is 17.2 Å². The number of hydrogen-bond donors (Lipinski definition) is 2. The lowest BCUT2D eigenvalue weighted by Crippen LogP contribution is -2.26. The molecule has 2 aromatic rings. The maximum absolute atomic E-state index is 12.2. The highest BCUT2D eigenvalue weighted by molar-refractivity contribution is 7.12. The van der Waals surface area contributed by atoms with Crippen molar-refractivity contribution in [2.75, 3.05) is 6.54 Å². The molecule has 0 aliphatic rings. The SMILES string of the molecule is Cc1nn(C)c(C)c1C(=O)NCCc1ccc([C@H](C)O)s1. The average Bonchev–Trinajstić information content (AvgIpc) is 2.96. The minimum atomic E-state index is -0.431. The Morgan fingerprint density at radius 2 is 2.19 bits per heavy atom. The van der Waals surface area contributed by atoms with E-state index in [0.29, 0.717) is 12.1 Å². The number of carbonyl (C=O) groups excluding carboxylic acids is 1. The predicted molar refractivity (Wildman–Crippen MR) is 83.7 cm³/mol. The topological polar surface area (TPSA) is 67.2 Å². The fourth-order valence-electron chi connectivity index (χ4n) is 2.24.